The normalized spacial score (nSPS) is 12.0. The molecular weight excluding hydrogens is 312 g/mol. The second-order valence-corrected chi connectivity index (χ2v) is 6.94. The topological polar surface area (TPSA) is 17.3 Å². The van der Waals surface area contributed by atoms with Crippen LogP contribution in [-0.4, -0.2) is 9.38 Å². The number of aromatic nitrogens is 2. The van der Waals surface area contributed by atoms with E-state index in [4.69, 9.17) is 4.98 Å². The third kappa shape index (κ3) is 2.38. The van der Waals surface area contributed by atoms with Crippen LogP contribution in [0, 0.1) is 0 Å². The zero-order valence-electron chi connectivity index (χ0n) is 11.9. The lowest BCUT2D eigenvalue weighted by molar-refractivity contribution is 0.561. The van der Waals surface area contributed by atoms with E-state index in [2.05, 4.69) is 77.6 Å². The van der Waals surface area contributed by atoms with Crippen LogP contribution in [0.2, 0.25) is 0 Å². The molecule has 102 valence electrons. The maximum Gasteiger partial charge on any atom is 0.137 e. The number of rotatable bonds is 1. The van der Waals surface area contributed by atoms with Crippen molar-refractivity contribution in [3.63, 3.8) is 0 Å². The van der Waals surface area contributed by atoms with Crippen LogP contribution in [0.5, 0.6) is 0 Å². The number of hydrogen-bond acceptors (Lipinski definition) is 1. The van der Waals surface area contributed by atoms with E-state index >= 15 is 0 Å². The van der Waals surface area contributed by atoms with Gasteiger partial charge in [0.15, 0.2) is 0 Å². The van der Waals surface area contributed by atoms with E-state index in [-0.39, 0.29) is 5.41 Å². The van der Waals surface area contributed by atoms with Crippen LogP contribution in [0.25, 0.3) is 16.9 Å². The number of imidazole rings is 1. The number of pyridine rings is 1. The molecule has 0 unspecified atom stereocenters. The summed E-state index contributed by atoms with van der Waals surface area (Å²) in [6, 6.07) is 14.5. The van der Waals surface area contributed by atoms with Crippen LogP contribution in [-0.2, 0) is 5.41 Å². The molecule has 0 atom stereocenters. The quantitative estimate of drug-likeness (QED) is 0.610. The van der Waals surface area contributed by atoms with Gasteiger partial charge in [-0.15, -0.1) is 0 Å². The van der Waals surface area contributed by atoms with Gasteiger partial charge in [-0.1, -0.05) is 54.9 Å². The van der Waals surface area contributed by atoms with E-state index in [0.29, 0.717) is 0 Å². The van der Waals surface area contributed by atoms with Crippen LogP contribution < -0.4 is 0 Å². The zero-order chi connectivity index (χ0) is 14.3. The largest absolute Gasteiger partial charge is 0.303 e. The van der Waals surface area contributed by atoms with Crippen molar-refractivity contribution >= 4 is 21.6 Å². The first-order valence-electron chi connectivity index (χ1n) is 6.70. The van der Waals surface area contributed by atoms with Gasteiger partial charge >= 0.3 is 0 Å². The summed E-state index contributed by atoms with van der Waals surface area (Å²) in [7, 11) is 0. The SMILES string of the molecule is CC(C)(C)c1cccc2nc(-c3cccc(Br)c3)cn12. The number of nitrogens with zero attached hydrogens (tertiary/aromatic N) is 2. The van der Waals surface area contributed by atoms with Gasteiger partial charge in [-0.25, -0.2) is 4.98 Å². The highest BCUT2D eigenvalue weighted by Crippen LogP contribution is 2.27. The predicted molar refractivity (Wildman–Crippen MR) is 87.0 cm³/mol. The maximum atomic E-state index is 4.74. The molecule has 2 nitrogen and oxygen atoms in total. The van der Waals surface area contributed by atoms with Gasteiger partial charge in [-0.05, 0) is 24.3 Å². The average molecular weight is 329 g/mol. The summed E-state index contributed by atoms with van der Waals surface area (Å²) in [5.41, 5.74) is 4.48. The molecule has 0 saturated heterocycles. The first kappa shape index (κ1) is 13.4. The Morgan fingerprint density at radius 3 is 2.50 bits per heavy atom. The summed E-state index contributed by atoms with van der Waals surface area (Å²) >= 11 is 3.51. The lowest BCUT2D eigenvalue weighted by Crippen LogP contribution is -2.15. The van der Waals surface area contributed by atoms with E-state index in [1.165, 1.54) is 5.69 Å². The third-order valence-corrected chi connectivity index (χ3v) is 3.87. The third-order valence-electron chi connectivity index (χ3n) is 3.38. The van der Waals surface area contributed by atoms with E-state index in [0.717, 1.165) is 21.4 Å². The van der Waals surface area contributed by atoms with Crippen molar-refractivity contribution in [2.24, 2.45) is 0 Å². The van der Waals surface area contributed by atoms with Crippen molar-refractivity contribution in [1.82, 2.24) is 9.38 Å². The Bertz CT molecular complexity index is 766. The minimum Gasteiger partial charge on any atom is -0.303 e. The molecule has 0 bridgehead atoms. The van der Waals surface area contributed by atoms with Crippen molar-refractivity contribution in [1.29, 1.82) is 0 Å². The Morgan fingerprint density at radius 1 is 1.05 bits per heavy atom. The average Bonchev–Trinajstić information content (AvgIpc) is 2.81. The van der Waals surface area contributed by atoms with Gasteiger partial charge in [0.1, 0.15) is 5.65 Å². The monoisotopic (exact) mass is 328 g/mol. The smallest absolute Gasteiger partial charge is 0.137 e. The summed E-state index contributed by atoms with van der Waals surface area (Å²) in [5.74, 6) is 0. The number of benzene rings is 1. The molecule has 0 amide bonds. The molecule has 3 rings (SSSR count). The lowest BCUT2D eigenvalue weighted by Gasteiger charge is -2.20. The Labute approximate surface area is 127 Å². The van der Waals surface area contributed by atoms with Gasteiger partial charge in [0.25, 0.3) is 0 Å². The molecule has 3 aromatic rings. The summed E-state index contributed by atoms with van der Waals surface area (Å²) in [6.45, 7) is 6.67. The molecule has 0 aliphatic carbocycles. The maximum absolute atomic E-state index is 4.74. The van der Waals surface area contributed by atoms with E-state index in [1.54, 1.807) is 0 Å². The van der Waals surface area contributed by atoms with Crippen molar-refractivity contribution in [3.8, 4) is 11.3 Å². The first-order valence-corrected chi connectivity index (χ1v) is 7.49. The van der Waals surface area contributed by atoms with Gasteiger partial charge in [0, 0.05) is 27.3 Å². The summed E-state index contributed by atoms with van der Waals surface area (Å²) in [4.78, 5) is 4.74. The fourth-order valence-electron chi connectivity index (χ4n) is 2.41. The molecule has 0 N–H and O–H groups in total. The molecule has 2 aromatic heterocycles. The molecule has 20 heavy (non-hydrogen) atoms. The van der Waals surface area contributed by atoms with Crippen LogP contribution in [0.15, 0.2) is 53.1 Å². The Morgan fingerprint density at radius 2 is 1.80 bits per heavy atom. The van der Waals surface area contributed by atoms with Gasteiger partial charge in [0.2, 0.25) is 0 Å². The van der Waals surface area contributed by atoms with Crippen molar-refractivity contribution in [2.75, 3.05) is 0 Å². The zero-order valence-corrected chi connectivity index (χ0v) is 13.5. The molecule has 1 aromatic carbocycles. The lowest BCUT2D eigenvalue weighted by atomic mass is 9.91. The van der Waals surface area contributed by atoms with E-state index in [1.807, 2.05) is 12.1 Å². The van der Waals surface area contributed by atoms with E-state index < -0.39 is 0 Å². The van der Waals surface area contributed by atoms with Crippen LogP contribution >= 0.6 is 15.9 Å². The first-order chi connectivity index (χ1) is 9.45. The highest BCUT2D eigenvalue weighted by Gasteiger charge is 2.18. The standard InChI is InChI=1S/C17H17BrN2/c1-17(2,3)15-8-5-9-16-19-14(11-20(15)16)12-6-4-7-13(18)10-12/h4-11H,1-3H3. The van der Waals surface area contributed by atoms with Crippen molar-refractivity contribution < 1.29 is 0 Å². The predicted octanol–water partition coefficient (Wildman–Crippen LogP) is 5.06. The Balaban J connectivity index is 2.21. The molecule has 0 saturated carbocycles. The summed E-state index contributed by atoms with van der Waals surface area (Å²) in [5, 5.41) is 0. The van der Waals surface area contributed by atoms with Gasteiger partial charge < -0.3 is 4.40 Å². The molecule has 0 fully saturated rings. The number of hydrogen-bond donors (Lipinski definition) is 0. The fourth-order valence-corrected chi connectivity index (χ4v) is 2.81. The van der Waals surface area contributed by atoms with Crippen LogP contribution in [0.3, 0.4) is 0 Å². The number of halogens is 1. The minimum absolute atomic E-state index is 0.0920. The highest BCUT2D eigenvalue weighted by atomic mass is 79.9. The molecule has 0 radical (unpaired) electrons. The van der Waals surface area contributed by atoms with E-state index in [9.17, 15) is 0 Å². The fraction of sp³-hybridized carbons (Fsp3) is 0.235. The number of fused-ring (bicyclic) bond motifs is 1. The van der Waals surface area contributed by atoms with Crippen LogP contribution in [0.1, 0.15) is 26.5 Å². The Kier molecular flexibility index (Phi) is 3.17. The van der Waals surface area contributed by atoms with Gasteiger partial charge in [-0.2, -0.15) is 0 Å². The second kappa shape index (κ2) is 4.74. The molecule has 0 aliphatic heterocycles. The van der Waals surface area contributed by atoms with Gasteiger partial charge in [0.05, 0.1) is 5.69 Å². The Hall–Kier alpha value is -1.61. The molecule has 3 heteroatoms. The van der Waals surface area contributed by atoms with Crippen molar-refractivity contribution in [2.45, 2.75) is 26.2 Å². The summed E-state index contributed by atoms with van der Waals surface area (Å²) in [6.07, 6.45) is 2.12. The summed E-state index contributed by atoms with van der Waals surface area (Å²) < 4.78 is 3.26. The van der Waals surface area contributed by atoms with Gasteiger partial charge in [-0.3, -0.25) is 0 Å². The molecular formula is C17H17BrN2. The highest BCUT2D eigenvalue weighted by molar-refractivity contribution is 9.10. The molecule has 0 aliphatic rings. The van der Waals surface area contributed by atoms with Crippen LogP contribution in [0.4, 0.5) is 0 Å². The minimum atomic E-state index is 0.0920. The molecule has 0 spiro atoms. The second-order valence-electron chi connectivity index (χ2n) is 6.03. The van der Waals surface area contributed by atoms with Crippen molar-refractivity contribution in [3.05, 3.63) is 58.8 Å². The molecule has 2 heterocycles.